The standard InChI is InChI=1S/C13H23N3/c1-4-16(3)11-12(2)15-10-7-13-5-8-14-9-6-13/h5-6,8-9,12,15H,4,7,10-11H2,1-3H3. The van der Waals surface area contributed by atoms with Crippen molar-refractivity contribution in [1.29, 1.82) is 0 Å². The third-order valence-corrected chi connectivity index (χ3v) is 2.78. The minimum atomic E-state index is 0.548. The third-order valence-electron chi connectivity index (χ3n) is 2.78. The smallest absolute Gasteiger partial charge is 0.0270 e. The molecule has 1 aromatic rings. The third kappa shape index (κ3) is 5.24. The van der Waals surface area contributed by atoms with Gasteiger partial charge in [-0.2, -0.15) is 0 Å². The van der Waals surface area contributed by atoms with Crippen molar-refractivity contribution >= 4 is 0 Å². The first-order valence-corrected chi connectivity index (χ1v) is 6.03. The molecule has 0 bridgehead atoms. The van der Waals surface area contributed by atoms with E-state index >= 15 is 0 Å². The second-order valence-electron chi connectivity index (χ2n) is 4.32. The zero-order chi connectivity index (χ0) is 11.8. The van der Waals surface area contributed by atoms with E-state index in [1.54, 1.807) is 0 Å². The average molecular weight is 221 g/mol. The molecule has 16 heavy (non-hydrogen) atoms. The van der Waals surface area contributed by atoms with E-state index in [1.165, 1.54) is 5.56 Å². The summed E-state index contributed by atoms with van der Waals surface area (Å²) in [5, 5.41) is 3.53. The highest BCUT2D eigenvalue weighted by molar-refractivity contribution is 5.09. The second kappa shape index (κ2) is 7.36. The van der Waals surface area contributed by atoms with Gasteiger partial charge in [0.1, 0.15) is 0 Å². The fourth-order valence-corrected chi connectivity index (χ4v) is 1.67. The minimum absolute atomic E-state index is 0.548. The van der Waals surface area contributed by atoms with Gasteiger partial charge in [-0.25, -0.2) is 0 Å². The van der Waals surface area contributed by atoms with Crippen LogP contribution in [0.3, 0.4) is 0 Å². The number of aromatic nitrogens is 1. The summed E-state index contributed by atoms with van der Waals surface area (Å²) in [7, 11) is 2.15. The summed E-state index contributed by atoms with van der Waals surface area (Å²) in [5.74, 6) is 0. The van der Waals surface area contributed by atoms with Gasteiger partial charge in [0, 0.05) is 25.0 Å². The molecule has 0 amide bonds. The molecule has 0 aromatic carbocycles. The van der Waals surface area contributed by atoms with Gasteiger partial charge in [-0.1, -0.05) is 6.92 Å². The van der Waals surface area contributed by atoms with Crippen molar-refractivity contribution in [2.24, 2.45) is 0 Å². The molecule has 0 saturated carbocycles. The monoisotopic (exact) mass is 221 g/mol. The Labute approximate surface area is 98.9 Å². The lowest BCUT2D eigenvalue weighted by atomic mass is 10.2. The van der Waals surface area contributed by atoms with Gasteiger partial charge in [0.2, 0.25) is 0 Å². The molecule has 3 nitrogen and oxygen atoms in total. The molecule has 1 aromatic heterocycles. The van der Waals surface area contributed by atoms with Crippen molar-refractivity contribution in [3.05, 3.63) is 30.1 Å². The minimum Gasteiger partial charge on any atom is -0.313 e. The quantitative estimate of drug-likeness (QED) is 0.757. The predicted molar refractivity (Wildman–Crippen MR) is 68.6 cm³/mol. The van der Waals surface area contributed by atoms with Crippen LogP contribution in [0.4, 0.5) is 0 Å². The Morgan fingerprint density at radius 2 is 2.06 bits per heavy atom. The number of hydrogen-bond donors (Lipinski definition) is 1. The van der Waals surface area contributed by atoms with E-state index in [2.05, 4.69) is 48.2 Å². The van der Waals surface area contributed by atoms with E-state index in [1.807, 2.05) is 12.4 Å². The maximum absolute atomic E-state index is 4.01. The SMILES string of the molecule is CCN(C)CC(C)NCCc1ccncc1. The van der Waals surface area contributed by atoms with Crippen LogP contribution < -0.4 is 5.32 Å². The molecule has 0 fully saturated rings. The molecule has 1 heterocycles. The van der Waals surface area contributed by atoms with Crippen molar-refractivity contribution < 1.29 is 0 Å². The van der Waals surface area contributed by atoms with Crippen LogP contribution in [0.15, 0.2) is 24.5 Å². The average Bonchev–Trinajstić information content (AvgIpc) is 2.30. The van der Waals surface area contributed by atoms with Crippen LogP contribution in [0.2, 0.25) is 0 Å². The Bertz CT molecular complexity index is 274. The number of hydrogen-bond acceptors (Lipinski definition) is 3. The van der Waals surface area contributed by atoms with Gasteiger partial charge < -0.3 is 10.2 Å². The summed E-state index contributed by atoms with van der Waals surface area (Å²) < 4.78 is 0. The maximum atomic E-state index is 4.01. The molecule has 0 spiro atoms. The molecule has 1 unspecified atom stereocenters. The van der Waals surface area contributed by atoms with E-state index in [0.29, 0.717) is 6.04 Å². The molecule has 0 aliphatic carbocycles. The molecule has 0 aliphatic rings. The molecule has 90 valence electrons. The first-order chi connectivity index (χ1) is 7.72. The van der Waals surface area contributed by atoms with Crippen molar-refractivity contribution in [2.45, 2.75) is 26.3 Å². The molecule has 1 rings (SSSR count). The largest absolute Gasteiger partial charge is 0.313 e. The molecule has 1 N–H and O–H groups in total. The number of pyridine rings is 1. The Morgan fingerprint density at radius 1 is 1.38 bits per heavy atom. The van der Waals surface area contributed by atoms with Gasteiger partial charge in [0.15, 0.2) is 0 Å². The molecule has 0 saturated heterocycles. The Hall–Kier alpha value is -0.930. The van der Waals surface area contributed by atoms with Crippen LogP contribution in [0.1, 0.15) is 19.4 Å². The van der Waals surface area contributed by atoms with Gasteiger partial charge in [0.25, 0.3) is 0 Å². The van der Waals surface area contributed by atoms with Gasteiger partial charge in [-0.3, -0.25) is 4.98 Å². The second-order valence-corrected chi connectivity index (χ2v) is 4.32. The lowest BCUT2D eigenvalue weighted by Crippen LogP contribution is -2.38. The van der Waals surface area contributed by atoms with Gasteiger partial charge >= 0.3 is 0 Å². The lowest BCUT2D eigenvalue weighted by molar-refractivity contribution is 0.311. The zero-order valence-electron chi connectivity index (χ0n) is 10.6. The van der Waals surface area contributed by atoms with Crippen molar-refractivity contribution in [3.8, 4) is 0 Å². The first kappa shape index (κ1) is 13.1. The summed E-state index contributed by atoms with van der Waals surface area (Å²) >= 11 is 0. The van der Waals surface area contributed by atoms with Crippen LogP contribution in [0.25, 0.3) is 0 Å². The van der Waals surface area contributed by atoms with E-state index in [0.717, 1.165) is 26.1 Å². The predicted octanol–water partition coefficient (Wildman–Crippen LogP) is 1.55. The number of likely N-dealkylation sites (N-methyl/N-ethyl adjacent to an activating group) is 1. The Morgan fingerprint density at radius 3 is 2.69 bits per heavy atom. The van der Waals surface area contributed by atoms with Crippen LogP contribution >= 0.6 is 0 Å². The number of rotatable bonds is 7. The Balaban J connectivity index is 2.15. The number of nitrogens with zero attached hydrogens (tertiary/aromatic N) is 2. The van der Waals surface area contributed by atoms with Crippen LogP contribution in [-0.4, -0.2) is 42.6 Å². The topological polar surface area (TPSA) is 28.2 Å². The summed E-state index contributed by atoms with van der Waals surface area (Å²) in [5.41, 5.74) is 1.35. The fourth-order valence-electron chi connectivity index (χ4n) is 1.67. The van der Waals surface area contributed by atoms with Crippen LogP contribution in [-0.2, 0) is 6.42 Å². The highest BCUT2D eigenvalue weighted by Gasteiger charge is 2.03. The van der Waals surface area contributed by atoms with E-state index in [9.17, 15) is 0 Å². The van der Waals surface area contributed by atoms with Crippen LogP contribution in [0.5, 0.6) is 0 Å². The van der Waals surface area contributed by atoms with Gasteiger partial charge in [-0.05, 0) is 51.2 Å². The summed E-state index contributed by atoms with van der Waals surface area (Å²) in [4.78, 5) is 6.34. The highest BCUT2D eigenvalue weighted by Crippen LogP contribution is 1.96. The zero-order valence-corrected chi connectivity index (χ0v) is 10.6. The van der Waals surface area contributed by atoms with Crippen LogP contribution in [0, 0.1) is 0 Å². The molecule has 0 radical (unpaired) electrons. The number of nitrogens with one attached hydrogen (secondary N) is 1. The van der Waals surface area contributed by atoms with Crippen molar-refractivity contribution in [1.82, 2.24) is 15.2 Å². The van der Waals surface area contributed by atoms with E-state index in [4.69, 9.17) is 0 Å². The van der Waals surface area contributed by atoms with E-state index < -0.39 is 0 Å². The lowest BCUT2D eigenvalue weighted by Gasteiger charge is -2.20. The summed E-state index contributed by atoms with van der Waals surface area (Å²) in [6.07, 6.45) is 4.77. The van der Waals surface area contributed by atoms with Gasteiger partial charge in [0.05, 0.1) is 0 Å². The summed E-state index contributed by atoms with van der Waals surface area (Å²) in [6, 6.07) is 4.70. The molecule has 0 aliphatic heterocycles. The first-order valence-electron chi connectivity index (χ1n) is 6.03. The van der Waals surface area contributed by atoms with Gasteiger partial charge in [-0.15, -0.1) is 0 Å². The highest BCUT2D eigenvalue weighted by atomic mass is 15.1. The molecule has 1 atom stereocenters. The molecule has 3 heteroatoms. The van der Waals surface area contributed by atoms with Crippen molar-refractivity contribution in [3.63, 3.8) is 0 Å². The maximum Gasteiger partial charge on any atom is 0.0270 e. The fraction of sp³-hybridized carbons (Fsp3) is 0.615. The molecular weight excluding hydrogens is 198 g/mol. The molecular formula is C13H23N3. The van der Waals surface area contributed by atoms with Crippen molar-refractivity contribution in [2.75, 3.05) is 26.7 Å². The normalized spacial score (nSPS) is 13.0. The summed E-state index contributed by atoms with van der Waals surface area (Å²) in [6.45, 7) is 7.66. The Kier molecular flexibility index (Phi) is 6.04. The van der Waals surface area contributed by atoms with E-state index in [-0.39, 0.29) is 0 Å².